The van der Waals surface area contributed by atoms with Gasteiger partial charge in [0.2, 0.25) is 11.7 Å². The van der Waals surface area contributed by atoms with Crippen molar-refractivity contribution in [1.82, 2.24) is 14.1 Å². The number of halogens is 1. The lowest BCUT2D eigenvalue weighted by atomic mass is 10.1. The van der Waals surface area contributed by atoms with Gasteiger partial charge in [-0.05, 0) is 48.6 Å². The zero-order chi connectivity index (χ0) is 27.5. The maximum absolute atomic E-state index is 14.4. The Bertz CT molecular complexity index is 1690. The van der Waals surface area contributed by atoms with E-state index >= 15 is 0 Å². The highest BCUT2D eigenvalue weighted by Crippen LogP contribution is 2.22. The number of carbonyl (C=O) groups is 3. The van der Waals surface area contributed by atoms with Crippen molar-refractivity contribution in [3.63, 3.8) is 0 Å². The zero-order valence-electron chi connectivity index (χ0n) is 19.9. The van der Waals surface area contributed by atoms with Crippen LogP contribution in [0.5, 0.6) is 11.6 Å². The number of esters is 2. The Morgan fingerprint density at radius 3 is 2.59 bits per heavy atom. The van der Waals surface area contributed by atoms with Crippen molar-refractivity contribution in [1.29, 1.82) is 0 Å². The second-order valence-electron chi connectivity index (χ2n) is 8.25. The molecule has 0 saturated carbocycles. The van der Waals surface area contributed by atoms with Gasteiger partial charge < -0.3 is 14.2 Å². The van der Waals surface area contributed by atoms with Gasteiger partial charge in [-0.25, -0.2) is 19.4 Å². The van der Waals surface area contributed by atoms with Crippen LogP contribution in [-0.2, 0) is 4.74 Å². The Labute approximate surface area is 222 Å². The smallest absolute Gasteiger partial charge is 0.353 e. The Morgan fingerprint density at radius 2 is 1.85 bits per heavy atom. The molecule has 1 aliphatic rings. The predicted molar refractivity (Wildman–Crippen MR) is 134 cm³/mol. The van der Waals surface area contributed by atoms with E-state index in [1.165, 1.54) is 47.9 Å². The van der Waals surface area contributed by atoms with Crippen molar-refractivity contribution < 1.29 is 33.0 Å². The van der Waals surface area contributed by atoms with E-state index in [-0.39, 0.29) is 27.3 Å². The van der Waals surface area contributed by atoms with E-state index < -0.39 is 41.1 Å². The maximum atomic E-state index is 14.4. The minimum atomic E-state index is -1.43. The van der Waals surface area contributed by atoms with Crippen molar-refractivity contribution in [2.24, 2.45) is 0 Å². The Kier molecular flexibility index (Phi) is 7.25. The first-order valence-corrected chi connectivity index (χ1v) is 12.4. The molecule has 0 spiro atoms. The number of aromatic nitrogens is 3. The fourth-order valence-electron chi connectivity index (χ4n) is 3.83. The lowest BCUT2D eigenvalue weighted by molar-refractivity contribution is 0.0501. The van der Waals surface area contributed by atoms with E-state index in [9.17, 15) is 28.4 Å². The Hall–Kier alpha value is -4.75. The molecule has 1 fully saturated rings. The molecule has 1 unspecified atom stereocenters. The number of benzene rings is 1. The first-order valence-electron chi connectivity index (χ1n) is 11.6. The van der Waals surface area contributed by atoms with E-state index in [1.54, 1.807) is 17.5 Å². The molecule has 5 rings (SSSR count). The standard InChI is InChI=1S/C26H18FN3O8S/c27-18-14-29(21-7-2-10-36-21)26(35)30(23(18)32)22(31)15-4-1-5-16(12-15)24(33)38-20-13-17(8-9-28-20)37-25(34)19-6-3-11-39-19/h1,3-6,8-9,11-14,21H,2,7,10H2. The minimum Gasteiger partial charge on any atom is -0.422 e. The van der Waals surface area contributed by atoms with E-state index in [0.717, 1.165) is 16.8 Å². The number of hydrogen-bond acceptors (Lipinski definition) is 10. The van der Waals surface area contributed by atoms with Gasteiger partial charge in [-0.3, -0.25) is 14.2 Å². The number of pyridine rings is 1. The van der Waals surface area contributed by atoms with Crippen molar-refractivity contribution >= 4 is 29.2 Å². The summed E-state index contributed by atoms with van der Waals surface area (Å²) in [5, 5.41) is 1.72. The zero-order valence-corrected chi connectivity index (χ0v) is 20.8. The normalized spacial score (nSPS) is 14.6. The van der Waals surface area contributed by atoms with Crippen LogP contribution in [0.3, 0.4) is 0 Å². The third-order valence-corrected chi connectivity index (χ3v) is 6.52. The molecular formula is C26H18FN3O8S. The van der Waals surface area contributed by atoms with Gasteiger partial charge in [0.25, 0.3) is 11.5 Å². The number of thiophene rings is 1. The van der Waals surface area contributed by atoms with Crippen molar-refractivity contribution in [3.8, 4) is 11.6 Å². The molecule has 1 aromatic carbocycles. The number of carbonyl (C=O) groups excluding carboxylic acids is 3. The quantitative estimate of drug-likeness (QED) is 0.331. The van der Waals surface area contributed by atoms with Gasteiger partial charge in [0.15, 0.2) is 0 Å². The van der Waals surface area contributed by atoms with Gasteiger partial charge in [0.1, 0.15) is 16.9 Å². The van der Waals surface area contributed by atoms with Gasteiger partial charge in [-0.2, -0.15) is 8.96 Å². The molecule has 4 aromatic rings. The molecule has 198 valence electrons. The molecule has 3 aromatic heterocycles. The van der Waals surface area contributed by atoms with Crippen LogP contribution in [0.1, 0.15) is 49.5 Å². The van der Waals surface area contributed by atoms with Crippen molar-refractivity contribution in [3.05, 3.63) is 109 Å². The molecule has 1 atom stereocenters. The summed E-state index contributed by atoms with van der Waals surface area (Å²) in [6.07, 6.45) is 2.23. The Morgan fingerprint density at radius 1 is 1.03 bits per heavy atom. The van der Waals surface area contributed by atoms with Crippen molar-refractivity contribution in [2.75, 3.05) is 6.61 Å². The van der Waals surface area contributed by atoms with E-state index in [4.69, 9.17) is 14.2 Å². The van der Waals surface area contributed by atoms with Crippen LogP contribution in [0.25, 0.3) is 0 Å². The summed E-state index contributed by atoms with van der Waals surface area (Å²) in [6, 6.07) is 11.0. The number of nitrogens with zero attached hydrogens (tertiary/aromatic N) is 3. The molecule has 0 radical (unpaired) electrons. The van der Waals surface area contributed by atoms with Gasteiger partial charge >= 0.3 is 17.6 Å². The second-order valence-corrected chi connectivity index (χ2v) is 9.19. The number of hydrogen-bond donors (Lipinski definition) is 0. The van der Waals surface area contributed by atoms with E-state index in [0.29, 0.717) is 24.3 Å². The summed E-state index contributed by atoms with van der Waals surface area (Å²) < 4.78 is 31.3. The van der Waals surface area contributed by atoms with Crippen LogP contribution in [0.15, 0.2) is 75.9 Å². The molecule has 39 heavy (non-hydrogen) atoms. The van der Waals surface area contributed by atoms with Crippen LogP contribution in [0.4, 0.5) is 4.39 Å². The summed E-state index contributed by atoms with van der Waals surface area (Å²) in [5.74, 6) is -4.06. The van der Waals surface area contributed by atoms with Gasteiger partial charge in [0.05, 0.1) is 11.8 Å². The molecule has 1 saturated heterocycles. The monoisotopic (exact) mass is 551 g/mol. The maximum Gasteiger partial charge on any atom is 0.353 e. The number of ether oxygens (including phenoxy) is 3. The highest BCUT2D eigenvalue weighted by atomic mass is 32.1. The molecule has 4 heterocycles. The Balaban J connectivity index is 1.37. The number of rotatable bonds is 6. The first-order chi connectivity index (χ1) is 18.8. The van der Waals surface area contributed by atoms with Gasteiger partial charge in [0, 0.05) is 24.4 Å². The van der Waals surface area contributed by atoms with Crippen LogP contribution >= 0.6 is 11.3 Å². The molecular weight excluding hydrogens is 533 g/mol. The average Bonchev–Trinajstić information content (AvgIpc) is 3.66. The third-order valence-electron chi connectivity index (χ3n) is 5.67. The highest BCUT2D eigenvalue weighted by Gasteiger charge is 2.25. The molecule has 13 heteroatoms. The summed E-state index contributed by atoms with van der Waals surface area (Å²) >= 11 is 1.20. The van der Waals surface area contributed by atoms with Crippen LogP contribution in [0.2, 0.25) is 0 Å². The SMILES string of the molecule is O=C(Oc1cc(OC(=O)c2cccs2)ccn1)c1cccc(C(=O)n2c(=O)c(F)cn(C3CCCO3)c2=O)c1. The average molecular weight is 552 g/mol. The fraction of sp³-hybridized carbons (Fsp3) is 0.154. The van der Waals surface area contributed by atoms with Crippen LogP contribution < -0.4 is 20.7 Å². The lowest BCUT2D eigenvalue weighted by Gasteiger charge is -2.15. The van der Waals surface area contributed by atoms with E-state index in [2.05, 4.69) is 4.98 Å². The molecule has 0 aliphatic carbocycles. The summed E-state index contributed by atoms with van der Waals surface area (Å²) in [6.45, 7) is 0.352. The van der Waals surface area contributed by atoms with Crippen LogP contribution in [0, 0.1) is 5.82 Å². The van der Waals surface area contributed by atoms with Gasteiger partial charge in [-0.1, -0.05) is 12.1 Å². The van der Waals surface area contributed by atoms with Crippen LogP contribution in [-0.4, -0.2) is 38.6 Å². The van der Waals surface area contributed by atoms with E-state index in [1.807, 2.05) is 0 Å². The minimum absolute atomic E-state index is 0.0862. The fourth-order valence-corrected chi connectivity index (χ4v) is 4.43. The molecule has 0 bridgehead atoms. The molecule has 11 nitrogen and oxygen atoms in total. The lowest BCUT2D eigenvalue weighted by Crippen LogP contribution is -2.46. The molecule has 0 N–H and O–H groups in total. The van der Waals surface area contributed by atoms with Gasteiger partial charge in [-0.15, -0.1) is 11.3 Å². The predicted octanol–water partition coefficient (Wildman–Crippen LogP) is 3.04. The third kappa shape index (κ3) is 5.44. The molecule has 0 amide bonds. The topological polar surface area (TPSA) is 136 Å². The first kappa shape index (κ1) is 25.9. The largest absolute Gasteiger partial charge is 0.422 e. The van der Waals surface area contributed by atoms with Crippen molar-refractivity contribution in [2.45, 2.75) is 19.1 Å². The second kappa shape index (κ2) is 10.9. The highest BCUT2D eigenvalue weighted by molar-refractivity contribution is 7.12. The summed E-state index contributed by atoms with van der Waals surface area (Å²) in [7, 11) is 0. The molecule has 1 aliphatic heterocycles. The summed E-state index contributed by atoms with van der Waals surface area (Å²) in [5.41, 5.74) is -2.85. The summed E-state index contributed by atoms with van der Waals surface area (Å²) in [4.78, 5) is 67.7.